The predicted molar refractivity (Wildman–Crippen MR) is 113 cm³/mol. The van der Waals surface area contributed by atoms with Crippen LogP contribution in [0.2, 0.25) is 0 Å². The first-order chi connectivity index (χ1) is 14.6. The third-order valence-electron chi connectivity index (χ3n) is 5.96. The van der Waals surface area contributed by atoms with E-state index < -0.39 is 0 Å². The molecule has 2 aliphatic rings. The Hall–Kier alpha value is -2.55. The Morgan fingerprint density at radius 3 is 2.37 bits per heavy atom. The molecule has 0 atom stereocenters. The average molecular weight is 435 g/mol. The zero-order valence-corrected chi connectivity index (χ0v) is 17.6. The normalized spacial score (nSPS) is 17.9. The zero-order valence-electron chi connectivity index (χ0n) is 16.8. The van der Waals surface area contributed by atoms with Crippen LogP contribution in [0.15, 0.2) is 29.8 Å². The Labute approximate surface area is 179 Å². The molecule has 0 bridgehead atoms. The minimum absolute atomic E-state index is 0.116. The number of likely N-dealkylation sites (tertiary alicyclic amines) is 1. The van der Waals surface area contributed by atoms with Crippen molar-refractivity contribution >= 4 is 28.8 Å². The summed E-state index contributed by atoms with van der Waals surface area (Å²) in [5.74, 6) is 1.29. The molecule has 2 aromatic rings. The summed E-state index contributed by atoms with van der Waals surface area (Å²) in [7, 11) is 0. The molecule has 0 radical (unpaired) electrons. The highest BCUT2D eigenvalue weighted by Gasteiger charge is 2.31. The first kappa shape index (κ1) is 22.1. The van der Waals surface area contributed by atoms with Gasteiger partial charge in [-0.15, -0.1) is 10.2 Å². The monoisotopic (exact) mass is 434 g/mol. The molecule has 1 amide bonds. The van der Waals surface area contributed by atoms with E-state index in [4.69, 9.17) is 9.90 Å². The summed E-state index contributed by atoms with van der Waals surface area (Å²) in [4.78, 5) is 25.2. The number of piperidine rings is 2. The number of benzene rings is 1. The number of rotatable bonds is 4. The summed E-state index contributed by atoms with van der Waals surface area (Å²) in [5, 5.41) is 16.0. The van der Waals surface area contributed by atoms with Gasteiger partial charge in [0.2, 0.25) is 11.0 Å². The van der Waals surface area contributed by atoms with E-state index in [1.807, 2.05) is 11.0 Å². The van der Waals surface area contributed by atoms with Crippen LogP contribution < -0.4 is 4.90 Å². The van der Waals surface area contributed by atoms with Crippen molar-refractivity contribution in [1.29, 1.82) is 0 Å². The van der Waals surface area contributed by atoms with Crippen LogP contribution in [0.4, 0.5) is 9.52 Å². The van der Waals surface area contributed by atoms with Gasteiger partial charge < -0.3 is 14.9 Å². The maximum absolute atomic E-state index is 13.3. The van der Waals surface area contributed by atoms with Gasteiger partial charge in [0.25, 0.3) is 6.47 Å². The molecule has 2 aliphatic heterocycles. The lowest BCUT2D eigenvalue weighted by Crippen LogP contribution is -2.43. The third-order valence-corrected chi connectivity index (χ3v) is 6.71. The smallest absolute Gasteiger partial charge is 0.290 e. The second-order valence-corrected chi connectivity index (χ2v) is 8.49. The van der Waals surface area contributed by atoms with Gasteiger partial charge in [0.1, 0.15) is 11.3 Å². The lowest BCUT2D eigenvalue weighted by molar-refractivity contribution is -0.132. The minimum atomic E-state index is -0.279. The van der Waals surface area contributed by atoms with E-state index in [0.717, 1.165) is 55.6 Å². The number of nitrogens with zero attached hydrogens (tertiary/aromatic N) is 4. The summed E-state index contributed by atoms with van der Waals surface area (Å²) in [6.45, 7) is 3.52. The molecule has 1 aromatic heterocycles. The second-order valence-electron chi connectivity index (χ2n) is 7.68. The van der Waals surface area contributed by atoms with Gasteiger partial charge in [-0.2, -0.15) is 0 Å². The molecule has 0 saturated carbocycles. The number of hydrogen-bond donors (Lipinski definition) is 1. The van der Waals surface area contributed by atoms with Gasteiger partial charge in [0, 0.05) is 26.2 Å². The van der Waals surface area contributed by atoms with Gasteiger partial charge in [-0.25, -0.2) is 4.39 Å². The topological polar surface area (TPSA) is 86.6 Å². The predicted octanol–water partition coefficient (Wildman–Crippen LogP) is 3.08. The molecule has 162 valence electrons. The Kier molecular flexibility index (Phi) is 8.12. The molecular formula is C21H27FN4O3S. The number of carbonyl (C=O) groups is 2. The van der Waals surface area contributed by atoms with E-state index in [-0.39, 0.29) is 18.2 Å². The van der Waals surface area contributed by atoms with Gasteiger partial charge in [0.05, 0.1) is 6.42 Å². The largest absolute Gasteiger partial charge is 0.483 e. The number of amides is 1. The van der Waals surface area contributed by atoms with Crippen LogP contribution in [0.1, 0.15) is 31.2 Å². The molecule has 4 rings (SSSR count). The number of carboxylic acid groups (broad SMARTS) is 1. The molecule has 2 fully saturated rings. The van der Waals surface area contributed by atoms with Crippen LogP contribution in [0, 0.1) is 17.7 Å². The fourth-order valence-corrected chi connectivity index (χ4v) is 5.04. The van der Waals surface area contributed by atoms with Crippen molar-refractivity contribution in [2.45, 2.75) is 32.1 Å². The van der Waals surface area contributed by atoms with Crippen molar-refractivity contribution < 1.29 is 19.1 Å². The fraction of sp³-hybridized carbons (Fsp3) is 0.524. The maximum atomic E-state index is 13.3. The van der Waals surface area contributed by atoms with Gasteiger partial charge >= 0.3 is 0 Å². The van der Waals surface area contributed by atoms with E-state index in [1.54, 1.807) is 22.9 Å². The first-order valence-electron chi connectivity index (χ1n) is 10.2. The highest BCUT2D eigenvalue weighted by Crippen LogP contribution is 2.34. The Balaban J connectivity index is 0.000000806. The van der Waals surface area contributed by atoms with E-state index in [9.17, 15) is 9.18 Å². The van der Waals surface area contributed by atoms with Crippen LogP contribution in [0.5, 0.6) is 0 Å². The molecule has 9 heteroatoms. The van der Waals surface area contributed by atoms with E-state index in [0.29, 0.717) is 12.3 Å². The van der Waals surface area contributed by atoms with Crippen LogP contribution in [0.3, 0.4) is 0 Å². The summed E-state index contributed by atoms with van der Waals surface area (Å²) in [6, 6.07) is 6.35. The van der Waals surface area contributed by atoms with Crippen LogP contribution in [-0.2, 0) is 16.0 Å². The van der Waals surface area contributed by atoms with Crippen molar-refractivity contribution in [2.24, 2.45) is 11.8 Å². The summed E-state index contributed by atoms with van der Waals surface area (Å²) < 4.78 is 13.3. The first-order valence-corrected chi connectivity index (χ1v) is 11.1. The molecule has 30 heavy (non-hydrogen) atoms. The highest BCUT2D eigenvalue weighted by molar-refractivity contribution is 7.13. The van der Waals surface area contributed by atoms with Crippen molar-refractivity contribution in [3.63, 3.8) is 0 Å². The van der Waals surface area contributed by atoms with Crippen molar-refractivity contribution in [2.75, 3.05) is 31.1 Å². The van der Waals surface area contributed by atoms with Crippen molar-refractivity contribution in [3.8, 4) is 0 Å². The highest BCUT2D eigenvalue weighted by atomic mass is 32.1. The maximum Gasteiger partial charge on any atom is 0.290 e. The Morgan fingerprint density at radius 2 is 1.80 bits per heavy atom. The van der Waals surface area contributed by atoms with Crippen LogP contribution >= 0.6 is 11.3 Å². The van der Waals surface area contributed by atoms with E-state index in [1.165, 1.54) is 25.0 Å². The van der Waals surface area contributed by atoms with Crippen molar-refractivity contribution in [3.05, 3.63) is 41.2 Å². The zero-order chi connectivity index (χ0) is 21.3. The molecule has 0 spiro atoms. The fourth-order valence-electron chi connectivity index (χ4n) is 4.42. The summed E-state index contributed by atoms with van der Waals surface area (Å²) >= 11 is 1.61. The standard InChI is InChI=1S/C20H25FN4OS.CH2O2/c21-18-3-1-2-15(12-18)13-19(26)24-8-4-16(5-9-24)17-6-10-25(11-7-17)20-23-22-14-27-20;2-1-3/h1-3,12,14,16-17H,4-11,13H2;1H,(H,2,3). The molecule has 3 heterocycles. The van der Waals surface area contributed by atoms with Gasteiger partial charge in [0.15, 0.2) is 0 Å². The summed E-state index contributed by atoms with van der Waals surface area (Å²) in [5.41, 5.74) is 2.55. The average Bonchev–Trinajstić information content (AvgIpc) is 3.30. The van der Waals surface area contributed by atoms with E-state index in [2.05, 4.69) is 15.1 Å². The third kappa shape index (κ3) is 5.98. The minimum Gasteiger partial charge on any atom is -0.483 e. The number of aromatic nitrogens is 2. The molecule has 0 aliphatic carbocycles. The number of halogens is 1. The number of hydrogen-bond acceptors (Lipinski definition) is 6. The van der Waals surface area contributed by atoms with Crippen LogP contribution in [0.25, 0.3) is 0 Å². The number of carbonyl (C=O) groups excluding carboxylic acids is 1. The van der Waals surface area contributed by atoms with E-state index >= 15 is 0 Å². The van der Waals surface area contributed by atoms with Gasteiger partial charge in [-0.1, -0.05) is 23.5 Å². The Bertz CT molecular complexity index is 804. The van der Waals surface area contributed by atoms with Crippen molar-refractivity contribution in [1.82, 2.24) is 15.1 Å². The lowest BCUT2D eigenvalue weighted by Gasteiger charge is -2.40. The molecule has 1 aromatic carbocycles. The SMILES string of the molecule is O=C(Cc1cccc(F)c1)N1CCC(C2CCN(c3nncs3)CC2)CC1.O=CO. The molecular weight excluding hydrogens is 407 g/mol. The molecule has 7 nitrogen and oxygen atoms in total. The van der Waals surface area contributed by atoms with Gasteiger partial charge in [-0.05, 0) is 55.2 Å². The van der Waals surface area contributed by atoms with Crippen LogP contribution in [-0.4, -0.2) is 58.8 Å². The molecule has 1 N–H and O–H groups in total. The molecule has 0 unspecified atom stereocenters. The second kappa shape index (κ2) is 11.0. The number of anilines is 1. The quantitative estimate of drug-likeness (QED) is 0.745. The lowest BCUT2D eigenvalue weighted by atomic mass is 9.79. The Morgan fingerprint density at radius 1 is 1.17 bits per heavy atom. The molecule has 2 saturated heterocycles. The van der Waals surface area contributed by atoms with Gasteiger partial charge in [-0.3, -0.25) is 9.59 Å². The summed E-state index contributed by atoms with van der Waals surface area (Å²) in [6.07, 6.45) is 4.85.